The number of carboxylic acids is 1. The number of benzene rings is 1. The number of fused-ring (bicyclic) bond motifs is 3. The molecule has 52 heavy (non-hydrogen) atoms. The number of hydrogen-bond donors (Lipinski definition) is 2. The van der Waals surface area contributed by atoms with Gasteiger partial charge in [0.2, 0.25) is 0 Å². The highest BCUT2D eigenvalue weighted by molar-refractivity contribution is 5.98. The number of nitrogens with zero attached hydrogens (tertiary/aromatic N) is 3. The van der Waals surface area contributed by atoms with E-state index in [2.05, 4.69) is 10.3 Å². The standard InChI is InChI=1S/C38H45F5N4O5/c1-21(18-51-2)47-17-31(29-8-7-28(16-33(29)47)52-27-5-3-26(4-6-27)46-19-37(39,40)20-46)32-10-9-30(34(45-32)38(41,42)43)35(48)44-25-14-22-11-23(15-25)13-24(12-22)36(49)50/h7-10,16-17,21-27H,3-6,11-15,18-20H2,1-2H3,(H,44,48)(H,49,50)/t21-,22?,23?,24?,25?,26?,27?/m1/s1. The Kier molecular flexibility index (Phi) is 10.0. The minimum Gasteiger partial charge on any atom is -0.490 e. The molecule has 14 heteroatoms. The zero-order chi connectivity index (χ0) is 36.9. The van der Waals surface area contributed by atoms with Crippen molar-refractivity contribution in [1.82, 2.24) is 19.8 Å². The molecule has 0 spiro atoms. The summed E-state index contributed by atoms with van der Waals surface area (Å²) in [6.45, 7) is 1.90. The number of rotatable bonds is 10. The van der Waals surface area contributed by atoms with Crippen LogP contribution in [0.4, 0.5) is 22.0 Å². The second-order valence-corrected chi connectivity index (χ2v) is 15.4. The number of alkyl halides is 5. The molecular formula is C38H45F5N4O5. The minimum atomic E-state index is -4.90. The summed E-state index contributed by atoms with van der Waals surface area (Å²) in [5.41, 5.74) is -0.582. The Morgan fingerprint density at radius 2 is 1.71 bits per heavy atom. The Morgan fingerprint density at radius 1 is 1.02 bits per heavy atom. The maximum Gasteiger partial charge on any atom is 0.434 e. The second-order valence-electron chi connectivity index (χ2n) is 15.4. The van der Waals surface area contributed by atoms with Crippen LogP contribution in [-0.2, 0) is 15.7 Å². The van der Waals surface area contributed by atoms with Gasteiger partial charge in [-0.3, -0.25) is 14.5 Å². The fourth-order valence-electron chi connectivity index (χ4n) is 9.16. The molecule has 3 heterocycles. The van der Waals surface area contributed by atoms with Gasteiger partial charge in [-0.2, -0.15) is 13.2 Å². The summed E-state index contributed by atoms with van der Waals surface area (Å²) in [7, 11) is 1.57. The number of carbonyl (C=O) groups is 2. The number of amides is 1. The van der Waals surface area contributed by atoms with Crippen molar-refractivity contribution in [3.8, 4) is 17.0 Å². The molecule has 1 amide bonds. The van der Waals surface area contributed by atoms with Gasteiger partial charge in [0.05, 0.1) is 54.5 Å². The van der Waals surface area contributed by atoms with Gasteiger partial charge < -0.3 is 24.5 Å². The van der Waals surface area contributed by atoms with Gasteiger partial charge in [0, 0.05) is 42.4 Å². The lowest BCUT2D eigenvalue weighted by Crippen LogP contribution is -2.60. The predicted octanol–water partition coefficient (Wildman–Crippen LogP) is 7.58. The maximum absolute atomic E-state index is 14.6. The maximum atomic E-state index is 14.6. The largest absolute Gasteiger partial charge is 0.490 e. The van der Waals surface area contributed by atoms with Crippen LogP contribution in [0, 0.1) is 17.8 Å². The summed E-state index contributed by atoms with van der Waals surface area (Å²) in [4.78, 5) is 30.8. The highest BCUT2D eigenvalue weighted by atomic mass is 19.4. The van der Waals surface area contributed by atoms with Crippen LogP contribution in [0.25, 0.3) is 22.2 Å². The fraction of sp³-hybridized carbons (Fsp3) is 0.605. The predicted molar refractivity (Wildman–Crippen MR) is 182 cm³/mol. The van der Waals surface area contributed by atoms with Gasteiger partial charge in [0.15, 0.2) is 5.69 Å². The van der Waals surface area contributed by atoms with E-state index in [0.717, 1.165) is 37.6 Å². The van der Waals surface area contributed by atoms with Crippen molar-refractivity contribution in [3.63, 3.8) is 0 Å². The Morgan fingerprint density at radius 3 is 2.33 bits per heavy atom. The summed E-state index contributed by atoms with van der Waals surface area (Å²) >= 11 is 0. The van der Waals surface area contributed by atoms with Crippen LogP contribution in [0.15, 0.2) is 36.5 Å². The van der Waals surface area contributed by atoms with E-state index in [9.17, 15) is 36.6 Å². The summed E-state index contributed by atoms with van der Waals surface area (Å²) in [5, 5.41) is 12.9. The molecule has 3 saturated carbocycles. The lowest BCUT2D eigenvalue weighted by Gasteiger charge is -2.46. The second kappa shape index (κ2) is 14.2. The number of halogens is 5. The Bertz CT molecular complexity index is 1780. The van der Waals surface area contributed by atoms with Crippen molar-refractivity contribution in [2.24, 2.45) is 17.8 Å². The number of nitrogens with one attached hydrogen (secondary N) is 1. The van der Waals surface area contributed by atoms with E-state index in [4.69, 9.17) is 9.47 Å². The van der Waals surface area contributed by atoms with E-state index < -0.39 is 41.2 Å². The molecular weight excluding hydrogens is 687 g/mol. The van der Waals surface area contributed by atoms with Crippen LogP contribution < -0.4 is 10.1 Å². The van der Waals surface area contributed by atoms with Gasteiger partial charge in [-0.05, 0) is 101 Å². The molecule has 1 saturated heterocycles. The first kappa shape index (κ1) is 36.6. The van der Waals surface area contributed by atoms with Crippen LogP contribution in [0.1, 0.15) is 86.8 Å². The molecule has 7 rings (SSSR count). The van der Waals surface area contributed by atoms with Crippen molar-refractivity contribution in [2.75, 3.05) is 26.8 Å². The van der Waals surface area contributed by atoms with Gasteiger partial charge in [-0.1, -0.05) is 0 Å². The smallest absolute Gasteiger partial charge is 0.434 e. The SMILES string of the molecule is COC[C@@H](C)n1cc(-c2ccc(C(=O)NC3CC4CC(C3)CC(C(=O)O)C4)c(C(F)(F)F)n2)c2ccc(OC3CCC(N4CC(F)(F)C4)CC3)cc21. The first-order chi connectivity index (χ1) is 24.7. The number of aliphatic carboxylic acids is 1. The molecule has 282 valence electrons. The van der Waals surface area contributed by atoms with E-state index in [-0.39, 0.29) is 54.8 Å². The van der Waals surface area contributed by atoms with E-state index in [0.29, 0.717) is 49.0 Å². The monoisotopic (exact) mass is 732 g/mol. The number of pyridine rings is 1. The van der Waals surface area contributed by atoms with Crippen LogP contribution in [0.5, 0.6) is 5.75 Å². The Labute approximate surface area is 298 Å². The van der Waals surface area contributed by atoms with Crippen LogP contribution in [-0.4, -0.2) is 82.4 Å². The molecule has 3 aliphatic carbocycles. The number of hydrogen-bond acceptors (Lipinski definition) is 6. The normalized spacial score (nSPS) is 28.2. The molecule has 2 bridgehead atoms. The number of aromatic nitrogens is 2. The third-order valence-electron chi connectivity index (χ3n) is 11.5. The zero-order valence-electron chi connectivity index (χ0n) is 29.3. The van der Waals surface area contributed by atoms with Crippen molar-refractivity contribution in [2.45, 2.75) is 101 Å². The van der Waals surface area contributed by atoms with E-state index in [1.807, 2.05) is 22.5 Å². The van der Waals surface area contributed by atoms with Crippen LogP contribution >= 0.6 is 0 Å². The quantitative estimate of drug-likeness (QED) is 0.207. The van der Waals surface area contributed by atoms with Crippen molar-refractivity contribution in [1.29, 1.82) is 0 Å². The lowest BCUT2D eigenvalue weighted by molar-refractivity contribution is -0.151. The minimum absolute atomic E-state index is 0.0627. The van der Waals surface area contributed by atoms with Gasteiger partial charge >= 0.3 is 12.1 Å². The average Bonchev–Trinajstić information content (AvgIpc) is 3.45. The molecule has 1 aliphatic heterocycles. The number of likely N-dealkylation sites (tertiary alicyclic amines) is 1. The number of carbonyl (C=O) groups excluding carboxylic acids is 1. The highest BCUT2D eigenvalue weighted by Crippen LogP contribution is 2.43. The van der Waals surface area contributed by atoms with E-state index in [1.54, 1.807) is 25.4 Å². The van der Waals surface area contributed by atoms with Crippen molar-refractivity contribution < 1.29 is 46.1 Å². The Balaban J connectivity index is 1.11. The molecule has 2 aromatic heterocycles. The molecule has 2 N–H and O–H groups in total. The van der Waals surface area contributed by atoms with Crippen molar-refractivity contribution in [3.05, 3.63) is 47.8 Å². The highest BCUT2D eigenvalue weighted by Gasteiger charge is 2.47. The average molecular weight is 733 g/mol. The van der Waals surface area contributed by atoms with E-state index >= 15 is 0 Å². The summed E-state index contributed by atoms with van der Waals surface area (Å²) in [5.74, 6) is -3.87. The third-order valence-corrected chi connectivity index (χ3v) is 11.5. The summed E-state index contributed by atoms with van der Waals surface area (Å²) in [6, 6.07) is 7.66. The number of methoxy groups -OCH3 is 1. The molecule has 3 aromatic rings. The number of carboxylic acid groups (broad SMARTS) is 1. The van der Waals surface area contributed by atoms with Gasteiger partial charge in [0.1, 0.15) is 5.75 Å². The Hall–Kier alpha value is -3.78. The molecule has 9 nitrogen and oxygen atoms in total. The van der Waals surface area contributed by atoms with Crippen LogP contribution in [0.3, 0.4) is 0 Å². The molecule has 1 aromatic carbocycles. The summed E-state index contributed by atoms with van der Waals surface area (Å²) < 4.78 is 84.1. The topological polar surface area (TPSA) is 106 Å². The first-order valence-corrected chi connectivity index (χ1v) is 18.2. The molecule has 0 radical (unpaired) electrons. The third kappa shape index (κ3) is 7.64. The lowest BCUT2D eigenvalue weighted by atomic mass is 9.66. The number of ether oxygens (including phenoxy) is 2. The first-order valence-electron chi connectivity index (χ1n) is 18.2. The fourth-order valence-corrected chi connectivity index (χ4v) is 9.16. The van der Waals surface area contributed by atoms with Crippen LogP contribution in [0.2, 0.25) is 0 Å². The molecule has 3 atom stereocenters. The van der Waals surface area contributed by atoms with Gasteiger partial charge in [0.25, 0.3) is 11.8 Å². The summed E-state index contributed by atoms with van der Waals surface area (Å²) in [6.07, 6.45) is 2.72. The van der Waals surface area contributed by atoms with Crippen molar-refractivity contribution >= 4 is 22.8 Å². The molecule has 4 aliphatic rings. The van der Waals surface area contributed by atoms with E-state index in [1.165, 1.54) is 12.1 Å². The van der Waals surface area contributed by atoms with Gasteiger partial charge in [-0.15, -0.1) is 0 Å². The molecule has 4 fully saturated rings. The molecule has 2 unspecified atom stereocenters. The zero-order valence-corrected chi connectivity index (χ0v) is 29.3. The van der Waals surface area contributed by atoms with Gasteiger partial charge in [-0.25, -0.2) is 13.8 Å².